The highest BCUT2D eigenvalue weighted by atomic mass is 35.6. The minimum atomic E-state index is -2.09. The number of benzene rings is 2. The first-order chi connectivity index (χ1) is 11.9. The molecule has 0 fully saturated rings. The van der Waals surface area contributed by atoms with Crippen LogP contribution < -0.4 is 14.5 Å². The Hall–Kier alpha value is -1.62. The molecule has 4 nitrogen and oxygen atoms in total. The van der Waals surface area contributed by atoms with Gasteiger partial charge in [0, 0.05) is 13.1 Å². The first-order valence-corrected chi connectivity index (χ1v) is 9.08. The maximum Gasteiger partial charge on any atom is 0.283 e. The Morgan fingerprint density at radius 1 is 1.04 bits per heavy atom. The van der Waals surface area contributed by atoms with Gasteiger partial charge in [-0.1, -0.05) is 53.0 Å². The van der Waals surface area contributed by atoms with E-state index in [-0.39, 0.29) is 0 Å². The van der Waals surface area contributed by atoms with Crippen molar-refractivity contribution in [2.24, 2.45) is 0 Å². The third-order valence-electron chi connectivity index (χ3n) is 4.08. The van der Waals surface area contributed by atoms with E-state index >= 15 is 0 Å². The number of hydrogen-bond donors (Lipinski definition) is 0. The topological polar surface area (TPSA) is 32.8 Å². The van der Waals surface area contributed by atoms with E-state index in [0.29, 0.717) is 22.9 Å². The fourth-order valence-electron chi connectivity index (χ4n) is 2.94. The molecule has 1 aliphatic rings. The van der Waals surface area contributed by atoms with Crippen LogP contribution in [0, 0.1) is 0 Å². The lowest BCUT2D eigenvalue weighted by Gasteiger charge is -2.36. The quantitative estimate of drug-likeness (QED) is 0.623. The summed E-state index contributed by atoms with van der Waals surface area (Å²) in [5.41, 5.74) is 1.98. The van der Waals surface area contributed by atoms with Crippen LogP contribution >= 0.6 is 34.8 Å². The molecule has 0 bridgehead atoms. The molecular formula is C18H17Cl3N2O2. The van der Waals surface area contributed by atoms with Gasteiger partial charge in [-0.15, -0.1) is 0 Å². The van der Waals surface area contributed by atoms with Gasteiger partial charge >= 0.3 is 0 Å². The zero-order chi connectivity index (χ0) is 18.2. The molecule has 0 atom stereocenters. The van der Waals surface area contributed by atoms with Crippen molar-refractivity contribution in [1.82, 2.24) is 0 Å². The molecule has 7 heteroatoms. The second-order valence-corrected chi connectivity index (χ2v) is 7.79. The lowest BCUT2D eigenvalue weighted by Crippen LogP contribution is -2.38. The molecule has 0 aliphatic carbocycles. The van der Waals surface area contributed by atoms with Gasteiger partial charge in [0.05, 0.1) is 11.4 Å². The smallest absolute Gasteiger partial charge is 0.283 e. The van der Waals surface area contributed by atoms with E-state index in [1.54, 1.807) is 18.2 Å². The van der Waals surface area contributed by atoms with Gasteiger partial charge in [0.2, 0.25) is 0 Å². The second kappa shape index (κ2) is 6.94. The molecule has 3 rings (SSSR count). The number of para-hydroxylation sites is 3. The van der Waals surface area contributed by atoms with Crippen molar-refractivity contribution in [3.8, 4) is 11.5 Å². The molecule has 1 heterocycles. The van der Waals surface area contributed by atoms with Crippen LogP contribution in [0.3, 0.4) is 0 Å². The first kappa shape index (κ1) is 18.2. The number of nitrogens with zero attached hydrogens (tertiary/aromatic N) is 2. The summed E-state index contributed by atoms with van der Waals surface area (Å²) in [5.74, 6) is 0.439. The van der Waals surface area contributed by atoms with Gasteiger partial charge in [-0.3, -0.25) is 9.69 Å². The largest absolute Gasteiger partial charge is 0.453 e. The molecule has 1 aliphatic heterocycles. The SMILES string of the molecule is CCN(CC)c1cccc2c1N(C(=O)C(Cl)(Cl)Cl)c1ccccc1O2. The number of alkyl halides is 3. The van der Waals surface area contributed by atoms with E-state index in [1.165, 1.54) is 4.90 Å². The van der Waals surface area contributed by atoms with Crippen molar-refractivity contribution >= 4 is 57.8 Å². The molecule has 1 amide bonds. The molecule has 0 spiro atoms. The average Bonchev–Trinajstić information content (AvgIpc) is 2.59. The summed E-state index contributed by atoms with van der Waals surface area (Å²) in [6, 6.07) is 12.8. The average molecular weight is 400 g/mol. The molecule has 2 aromatic rings. The van der Waals surface area contributed by atoms with E-state index in [0.717, 1.165) is 18.8 Å². The Morgan fingerprint density at radius 2 is 1.68 bits per heavy atom. The fourth-order valence-corrected chi connectivity index (χ4v) is 3.20. The summed E-state index contributed by atoms with van der Waals surface area (Å²) in [6.45, 7) is 5.62. The predicted octanol–water partition coefficient (Wildman–Crippen LogP) is 5.67. The van der Waals surface area contributed by atoms with Crippen LogP contribution in [0.2, 0.25) is 0 Å². The number of ether oxygens (including phenoxy) is 1. The van der Waals surface area contributed by atoms with Crippen molar-refractivity contribution in [3.05, 3.63) is 42.5 Å². The second-order valence-electron chi connectivity index (χ2n) is 5.50. The zero-order valence-electron chi connectivity index (χ0n) is 13.8. The lowest BCUT2D eigenvalue weighted by atomic mass is 10.1. The standard InChI is InChI=1S/C18H17Cl3N2O2/c1-3-22(4-2)13-9-7-11-15-16(13)23(17(24)18(19,20)21)12-8-5-6-10-14(12)25-15/h5-11H,3-4H2,1-2H3. The van der Waals surface area contributed by atoms with Gasteiger partial charge in [0.15, 0.2) is 11.5 Å². The zero-order valence-corrected chi connectivity index (χ0v) is 16.1. The van der Waals surface area contributed by atoms with Gasteiger partial charge < -0.3 is 9.64 Å². The summed E-state index contributed by atoms with van der Waals surface area (Å²) in [4.78, 5) is 16.5. The molecular weight excluding hydrogens is 383 g/mol. The molecule has 0 saturated heterocycles. The highest BCUT2D eigenvalue weighted by Gasteiger charge is 2.41. The van der Waals surface area contributed by atoms with Crippen molar-refractivity contribution in [2.45, 2.75) is 17.6 Å². The normalized spacial score (nSPS) is 12.9. The Labute approximate surface area is 161 Å². The number of halogens is 3. The number of carbonyl (C=O) groups is 1. The number of carbonyl (C=O) groups excluding carboxylic acids is 1. The van der Waals surface area contributed by atoms with E-state index in [1.807, 2.05) is 38.1 Å². The third kappa shape index (κ3) is 3.26. The highest BCUT2D eigenvalue weighted by molar-refractivity contribution is 6.77. The van der Waals surface area contributed by atoms with Gasteiger partial charge in [0.1, 0.15) is 5.69 Å². The molecule has 0 aromatic heterocycles. The van der Waals surface area contributed by atoms with Crippen molar-refractivity contribution in [2.75, 3.05) is 22.9 Å². The lowest BCUT2D eigenvalue weighted by molar-refractivity contribution is -0.117. The van der Waals surface area contributed by atoms with Gasteiger partial charge in [0.25, 0.3) is 9.70 Å². The Kier molecular flexibility index (Phi) is 5.05. The number of anilines is 3. The van der Waals surface area contributed by atoms with Crippen LogP contribution in [0.5, 0.6) is 11.5 Å². The molecule has 0 N–H and O–H groups in total. The van der Waals surface area contributed by atoms with Crippen LogP contribution in [0.25, 0.3) is 0 Å². The number of fused-ring (bicyclic) bond motifs is 2. The summed E-state index contributed by atoms with van der Waals surface area (Å²) >= 11 is 17.8. The van der Waals surface area contributed by atoms with Crippen LogP contribution in [0.4, 0.5) is 17.1 Å². The highest BCUT2D eigenvalue weighted by Crippen LogP contribution is 2.52. The summed E-state index contributed by atoms with van der Waals surface area (Å²) in [7, 11) is 0. The maximum absolute atomic E-state index is 13.0. The third-order valence-corrected chi connectivity index (χ3v) is 4.56. The predicted molar refractivity (Wildman–Crippen MR) is 104 cm³/mol. The van der Waals surface area contributed by atoms with Crippen LogP contribution in [0.15, 0.2) is 42.5 Å². The van der Waals surface area contributed by atoms with Gasteiger partial charge in [-0.2, -0.15) is 0 Å². The summed E-state index contributed by atoms with van der Waals surface area (Å²) in [6.07, 6.45) is 0. The fraction of sp³-hybridized carbons (Fsp3) is 0.278. The number of amides is 1. The molecule has 0 unspecified atom stereocenters. The van der Waals surface area contributed by atoms with E-state index < -0.39 is 9.70 Å². The van der Waals surface area contributed by atoms with Crippen molar-refractivity contribution < 1.29 is 9.53 Å². The van der Waals surface area contributed by atoms with Crippen LogP contribution in [-0.2, 0) is 4.79 Å². The van der Waals surface area contributed by atoms with Crippen LogP contribution in [0.1, 0.15) is 13.8 Å². The number of hydrogen-bond acceptors (Lipinski definition) is 3. The van der Waals surface area contributed by atoms with Gasteiger partial charge in [-0.05, 0) is 38.1 Å². The molecule has 132 valence electrons. The van der Waals surface area contributed by atoms with Crippen molar-refractivity contribution in [3.63, 3.8) is 0 Å². The Morgan fingerprint density at radius 3 is 2.32 bits per heavy atom. The van der Waals surface area contributed by atoms with Crippen LogP contribution in [-0.4, -0.2) is 22.8 Å². The monoisotopic (exact) mass is 398 g/mol. The summed E-state index contributed by atoms with van der Waals surface area (Å²) < 4.78 is 3.92. The molecule has 2 aromatic carbocycles. The molecule has 0 saturated carbocycles. The maximum atomic E-state index is 13.0. The molecule has 25 heavy (non-hydrogen) atoms. The summed E-state index contributed by atoms with van der Waals surface area (Å²) in [5, 5.41) is 0. The Bertz CT molecular complexity index is 801. The minimum absolute atomic E-state index is 0.536. The van der Waals surface area contributed by atoms with Crippen molar-refractivity contribution in [1.29, 1.82) is 0 Å². The Balaban J connectivity index is 2.26. The molecule has 0 radical (unpaired) electrons. The number of rotatable bonds is 3. The minimum Gasteiger partial charge on any atom is -0.453 e. The van der Waals surface area contributed by atoms with E-state index in [2.05, 4.69) is 4.90 Å². The van der Waals surface area contributed by atoms with Gasteiger partial charge in [-0.25, -0.2) is 0 Å². The van der Waals surface area contributed by atoms with E-state index in [9.17, 15) is 4.79 Å². The first-order valence-electron chi connectivity index (χ1n) is 7.94. The van der Waals surface area contributed by atoms with E-state index in [4.69, 9.17) is 39.5 Å².